The van der Waals surface area contributed by atoms with E-state index in [4.69, 9.17) is 5.73 Å². The van der Waals surface area contributed by atoms with Crippen LogP contribution >= 0.6 is 11.9 Å². The normalized spacial score (nSPS) is 11.7. The Kier molecular flexibility index (Phi) is 9.16. The maximum absolute atomic E-state index is 6.47. The number of nitrogens with two attached hydrogens (primary N) is 1. The Labute approximate surface area is 189 Å². The zero-order valence-corrected chi connectivity index (χ0v) is 18.6. The van der Waals surface area contributed by atoms with E-state index in [1.165, 1.54) is 11.1 Å². The Bertz CT molecular complexity index is 987. The summed E-state index contributed by atoms with van der Waals surface area (Å²) in [6.07, 6.45) is 8.09. The van der Waals surface area contributed by atoms with Gasteiger partial charge < -0.3 is 11.1 Å². The average Bonchev–Trinajstić information content (AvgIpc) is 2.81. The minimum absolute atomic E-state index is 0.581. The van der Waals surface area contributed by atoms with Crippen molar-refractivity contribution in [1.82, 2.24) is 9.71 Å². The summed E-state index contributed by atoms with van der Waals surface area (Å²) >= 11 is 1.68. The molecule has 160 valence electrons. The van der Waals surface area contributed by atoms with Gasteiger partial charge in [0.2, 0.25) is 0 Å². The first-order chi connectivity index (χ1) is 15.3. The molecule has 0 saturated carbocycles. The van der Waals surface area contributed by atoms with E-state index in [1.807, 2.05) is 37.5 Å². The molecular formula is C25H29N5S. The minimum Gasteiger partial charge on any atom is -0.398 e. The fourth-order valence-electron chi connectivity index (χ4n) is 3.14. The van der Waals surface area contributed by atoms with Crippen LogP contribution < -0.4 is 15.8 Å². The van der Waals surface area contributed by atoms with Crippen molar-refractivity contribution in [2.45, 2.75) is 13.0 Å². The molecule has 0 amide bonds. The number of allylic oxidation sites excluding steroid dienone is 1. The molecule has 2 aromatic carbocycles. The van der Waals surface area contributed by atoms with Crippen LogP contribution in [0, 0.1) is 0 Å². The van der Waals surface area contributed by atoms with E-state index < -0.39 is 0 Å². The first-order valence-electron chi connectivity index (χ1n) is 10.3. The molecule has 0 radical (unpaired) electrons. The highest BCUT2D eigenvalue weighted by Gasteiger charge is 2.07. The first-order valence-corrected chi connectivity index (χ1v) is 11.3. The number of rotatable bonds is 11. The Balaban J connectivity index is 1.76. The molecule has 0 atom stereocenters. The topological polar surface area (TPSA) is 75.3 Å². The zero-order valence-electron chi connectivity index (χ0n) is 17.8. The molecule has 0 aliphatic carbocycles. The molecule has 0 bridgehead atoms. The fourth-order valence-corrected chi connectivity index (χ4v) is 3.55. The van der Waals surface area contributed by atoms with Crippen molar-refractivity contribution in [2.24, 2.45) is 10.7 Å². The molecular weight excluding hydrogens is 402 g/mol. The number of benzene rings is 2. The summed E-state index contributed by atoms with van der Waals surface area (Å²) in [5.41, 5.74) is 12.8. The van der Waals surface area contributed by atoms with Gasteiger partial charge in [-0.3, -0.25) is 14.7 Å². The fraction of sp³-hybridized carbons (Fsp3) is 0.200. The summed E-state index contributed by atoms with van der Waals surface area (Å²) in [5, 5.41) is 3.50. The minimum atomic E-state index is 0.581. The van der Waals surface area contributed by atoms with E-state index in [9.17, 15) is 0 Å². The number of aromatic nitrogens is 1. The van der Waals surface area contributed by atoms with Crippen molar-refractivity contribution in [2.75, 3.05) is 24.7 Å². The third kappa shape index (κ3) is 7.59. The smallest absolute Gasteiger partial charge is 0.0654 e. The summed E-state index contributed by atoms with van der Waals surface area (Å²) in [4.78, 5) is 8.58. The van der Waals surface area contributed by atoms with Gasteiger partial charge in [0.25, 0.3) is 0 Å². The molecule has 4 N–H and O–H groups in total. The van der Waals surface area contributed by atoms with E-state index in [0.29, 0.717) is 12.2 Å². The van der Waals surface area contributed by atoms with E-state index in [1.54, 1.807) is 24.4 Å². The van der Waals surface area contributed by atoms with Crippen LogP contribution in [0.1, 0.15) is 22.3 Å². The molecule has 5 nitrogen and oxygen atoms in total. The highest BCUT2D eigenvalue weighted by atomic mass is 32.2. The molecule has 3 aromatic rings. The van der Waals surface area contributed by atoms with Crippen LogP contribution in [-0.2, 0) is 13.0 Å². The molecule has 3 rings (SSSR count). The van der Waals surface area contributed by atoms with Gasteiger partial charge in [-0.2, -0.15) is 0 Å². The molecule has 1 aromatic heterocycles. The third-order valence-electron chi connectivity index (χ3n) is 4.67. The zero-order chi connectivity index (χ0) is 21.7. The van der Waals surface area contributed by atoms with Crippen LogP contribution in [0.3, 0.4) is 0 Å². The third-order valence-corrected chi connectivity index (χ3v) is 5.36. The average molecular weight is 432 g/mol. The van der Waals surface area contributed by atoms with E-state index in [2.05, 4.69) is 62.5 Å². The maximum Gasteiger partial charge on any atom is 0.0654 e. The lowest BCUT2D eigenvalue weighted by atomic mass is 10.00. The molecule has 0 aliphatic heterocycles. The molecule has 6 heteroatoms. The van der Waals surface area contributed by atoms with E-state index >= 15 is 0 Å². The standard InChI is InChI=1S/C25H29N5S/c1-27-31-15-14-30-25-10-9-21(16-20-6-3-2-4-7-20)17-23(25)24(26)11-13-29-19-22-8-5-12-28-18-22/h2-13,17-18,27,30H,14-16,19,26H2,1H3. The maximum atomic E-state index is 6.47. The van der Waals surface area contributed by atoms with Crippen molar-refractivity contribution in [3.8, 4) is 0 Å². The number of hydrogen-bond acceptors (Lipinski definition) is 6. The van der Waals surface area contributed by atoms with Gasteiger partial charge in [0.15, 0.2) is 0 Å². The molecule has 0 spiro atoms. The van der Waals surface area contributed by atoms with Gasteiger partial charge in [-0.1, -0.05) is 54.4 Å². The van der Waals surface area contributed by atoms with Crippen LogP contribution in [0.25, 0.3) is 5.70 Å². The number of pyridine rings is 1. The number of aliphatic imine (C=N–C) groups is 1. The molecule has 1 heterocycles. The number of nitrogens with one attached hydrogen (secondary N) is 2. The first kappa shape index (κ1) is 22.6. The van der Waals surface area contributed by atoms with Crippen LogP contribution in [0.2, 0.25) is 0 Å². The van der Waals surface area contributed by atoms with Gasteiger partial charge in [0.1, 0.15) is 0 Å². The Morgan fingerprint density at radius 3 is 2.68 bits per heavy atom. The Hall–Kier alpha value is -3.09. The summed E-state index contributed by atoms with van der Waals surface area (Å²) in [6, 6.07) is 20.8. The highest BCUT2D eigenvalue weighted by Crippen LogP contribution is 2.24. The monoisotopic (exact) mass is 431 g/mol. The van der Waals surface area contributed by atoms with Crippen molar-refractivity contribution < 1.29 is 0 Å². The van der Waals surface area contributed by atoms with Crippen LogP contribution in [0.4, 0.5) is 5.69 Å². The molecule has 31 heavy (non-hydrogen) atoms. The van der Waals surface area contributed by atoms with Crippen molar-refractivity contribution >= 4 is 29.5 Å². The number of anilines is 1. The van der Waals surface area contributed by atoms with Gasteiger partial charge in [-0.25, -0.2) is 0 Å². The van der Waals surface area contributed by atoms with Gasteiger partial charge in [-0.05, 0) is 54.4 Å². The van der Waals surface area contributed by atoms with Gasteiger partial charge >= 0.3 is 0 Å². The largest absolute Gasteiger partial charge is 0.398 e. The highest BCUT2D eigenvalue weighted by molar-refractivity contribution is 7.97. The number of nitrogens with zero attached hydrogens (tertiary/aromatic N) is 2. The lowest BCUT2D eigenvalue weighted by Crippen LogP contribution is -2.10. The van der Waals surface area contributed by atoms with E-state index in [0.717, 1.165) is 35.5 Å². The molecule has 0 fully saturated rings. The second-order valence-corrected chi connectivity index (χ2v) is 8.10. The van der Waals surface area contributed by atoms with Gasteiger partial charge in [0.05, 0.1) is 6.54 Å². The lowest BCUT2D eigenvalue weighted by Gasteiger charge is -2.14. The lowest BCUT2D eigenvalue weighted by molar-refractivity contribution is 1.05. The molecule has 0 aliphatic rings. The second kappa shape index (κ2) is 12.6. The summed E-state index contributed by atoms with van der Waals surface area (Å²) < 4.78 is 3.09. The van der Waals surface area contributed by atoms with Crippen LogP contribution in [0.15, 0.2) is 84.1 Å². The summed E-state index contributed by atoms with van der Waals surface area (Å²) in [7, 11) is 1.93. The molecule has 0 saturated heterocycles. The molecule has 0 unspecified atom stereocenters. The summed E-state index contributed by atoms with van der Waals surface area (Å²) in [6.45, 7) is 1.43. The van der Waals surface area contributed by atoms with Crippen LogP contribution in [0.5, 0.6) is 0 Å². The second-order valence-electron chi connectivity index (χ2n) is 6.99. The van der Waals surface area contributed by atoms with Crippen molar-refractivity contribution in [3.63, 3.8) is 0 Å². The van der Waals surface area contributed by atoms with Gasteiger partial charge in [-0.15, -0.1) is 0 Å². The summed E-state index contributed by atoms with van der Waals surface area (Å²) in [5.74, 6) is 0.956. The van der Waals surface area contributed by atoms with Gasteiger partial charge in [0, 0.05) is 47.9 Å². The predicted molar refractivity (Wildman–Crippen MR) is 134 cm³/mol. The Morgan fingerprint density at radius 2 is 1.90 bits per heavy atom. The predicted octanol–water partition coefficient (Wildman–Crippen LogP) is 4.52. The SMILES string of the molecule is CNSCCNc1ccc(Cc2ccccc2)cc1C(N)=CC=NCc1cccnc1. The number of hydrogen-bond donors (Lipinski definition) is 3. The van der Waals surface area contributed by atoms with E-state index in [-0.39, 0.29) is 0 Å². The van der Waals surface area contributed by atoms with Crippen molar-refractivity contribution in [1.29, 1.82) is 0 Å². The van der Waals surface area contributed by atoms with Crippen molar-refractivity contribution in [3.05, 3.63) is 101 Å². The Morgan fingerprint density at radius 1 is 1.06 bits per heavy atom. The van der Waals surface area contributed by atoms with Crippen LogP contribution in [-0.4, -0.2) is 30.5 Å². The quantitative estimate of drug-likeness (QED) is 0.236.